The second-order valence-electron chi connectivity index (χ2n) is 8.06. The van der Waals surface area contributed by atoms with Crippen LogP contribution in [-0.2, 0) is 6.42 Å². The molecule has 1 aliphatic rings. The summed E-state index contributed by atoms with van der Waals surface area (Å²) in [4.78, 5) is 13.1. The van der Waals surface area contributed by atoms with Crippen LogP contribution in [0.1, 0.15) is 40.0 Å². The zero-order chi connectivity index (χ0) is 23.7. The molecule has 1 aliphatic heterocycles. The van der Waals surface area contributed by atoms with Gasteiger partial charge in [-0.15, -0.1) is 0 Å². The van der Waals surface area contributed by atoms with Crippen molar-refractivity contribution < 1.29 is 9.18 Å². The number of allylic oxidation sites excluding steroid dienone is 1. The van der Waals surface area contributed by atoms with E-state index in [9.17, 15) is 9.18 Å². The van der Waals surface area contributed by atoms with Gasteiger partial charge < -0.3 is 10.6 Å². The van der Waals surface area contributed by atoms with Crippen molar-refractivity contribution in [2.24, 2.45) is 0 Å². The molecule has 2 N–H and O–H groups in total. The van der Waals surface area contributed by atoms with E-state index in [2.05, 4.69) is 68.9 Å². The average Bonchev–Trinajstić information content (AvgIpc) is 3.30. The molecule has 1 amide bonds. The van der Waals surface area contributed by atoms with Crippen LogP contribution in [0.3, 0.4) is 0 Å². The lowest BCUT2D eigenvalue weighted by Crippen LogP contribution is -2.22. The van der Waals surface area contributed by atoms with E-state index in [1.165, 1.54) is 29.8 Å². The average molecular weight is 517 g/mol. The molecule has 5 rings (SSSR count). The van der Waals surface area contributed by atoms with Crippen LogP contribution < -0.4 is 10.6 Å². The smallest absolute Gasteiger partial charge is 0.261 e. The third-order valence-electron chi connectivity index (χ3n) is 5.87. The van der Waals surface area contributed by atoms with Gasteiger partial charge in [-0.1, -0.05) is 59.3 Å². The van der Waals surface area contributed by atoms with Gasteiger partial charge in [0.1, 0.15) is 17.2 Å². The minimum Gasteiger partial charge on any atom is -0.339 e. The minimum atomic E-state index is -0.358. The number of hydrogen-bond acceptors (Lipinski definition) is 3. The molecule has 1 aromatic heterocycles. The minimum absolute atomic E-state index is 0.197. The normalized spacial score (nSPS) is 14.7. The predicted octanol–water partition coefficient (Wildman–Crippen LogP) is 6.66. The molecular weight excluding hydrogens is 495 g/mol. The number of anilines is 2. The van der Waals surface area contributed by atoms with E-state index in [-0.39, 0.29) is 17.8 Å². The Bertz CT molecular complexity index is 1360. The molecule has 4 aromatic rings. The summed E-state index contributed by atoms with van der Waals surface area (Å²) in [6, 6.07) is 21.9. The van der Waals surface area contributed by atoms with Crippen LogP contribution in [0.4, 0.5) is 15.9 Å². The number of amides is 1. The highest BCUT2D eigenvalue weighted by atomic mass is 79.9. The van der Waals surface area contributed by atoms with Gasteiger partial charge in [-0.2, -0.15) is 5.10 Å². The largest absolute Gasteiger partial charge is 0.339 e. The van der Waals surface area contributed by atoms with E-state index < -0.39 is 0 Å². The van der Waals surface area contributed by atoms with Crippen molar-refractivity contribution in [2.75, 3.05) is 10.6 Å². The third-order valence-corrected chi connectivity index (χ3v) is 6.40. The van der Waals surface area contributed by atoms with Crippen molar-refractivity contribution in [1.82, 2.24) is 9.78 Å². The first kappa shape index (κ1) is 22.1. The van der Waals surface area contributed by atoms with Crippen LogP contribution >= 0.6 is 15.9 Å². The predicted molar refractivity (Wildman–Crippen MR) is 136 cm³/mol. The Morgan fingerprint density at radius 1 is 1.06 bits per heavy atom. The third kappa shape index (κ3) is 4.39. The van der Waals surface area contributed by atoms with Crippen LogP contribution in [-0.4, -0.2) is 15.7 Å². The summed E-state index contributed by atoms with van der Waals surface area (Å²) in [6.07, 6.45) is 4.64. The Hall–Kier alpha value is -3.71. The lowest BCUT2D eigenvalue weighted by Gasteiger charge is -2.26. The fourth-order valence-corrected chi connectivity index (χ4v) is 4.24. The first-order valence-corrected chi connectivity index (χ1v) is 11.8. The molecule has 0 spiro atoms. The van der Waals surface area contributed by atoms with Crippen molar-refractivity contribution in [3.63, 3.8) is 0 Å². The number of hydrogen-bond donors (Lipinski definition) is 2. The molecule has 7 heteroatoms. The summed E-state index contributed by atoms with van der Waals surface area (Å²) in [5, 5.41) is 10.8. The van der Waals surface area contributed by atoms with Crippen LogP contribution in [0.5, 0.6) is 0 Å². The Labute approximate surface area is 205 Å². The number of fused-ring (bicyclic) bond motifs is 1. The van der Waals surface area contributed by atoms with Gasteiger partial charge in [0.05, 0.1) is 12.2 Å². The van der Waals surface area contributed by atoms with E-state index >= 15 is 0 Å². The van der Waals surface area contributed by atoms with Gasteiger partial charge in [0.25, 0.3) is 5.91 Å². The van der Waals surface area contributed by atoms with Crippen molar-refractivity contribution in [3.8, 4) is 0 Å². The molecule has 1 unspecified atom stereocenters. The topological polar surface area (TPSA) is 59.0 Å². The van der Waals surface area contributed by atoms with Gasteiger partial charge in [-0.05, 0) is 65.6 Å². The Kier molecular flexibility index (Phi) is 6.02. The maximum absolute atomic E-state index is 13.3. The van der Waals surface area contributed by atoms with Gasteiger partial charge in [-0.25, -0.2) is 9.07 Å². The first-order valence-electron chi connectivity index (χ1n) is 11.0. The molecule has 0 aliphatic carbocycles. The summed E-state index contributed by atoms with van der Waals surface area (Å²) in [6.45, 7) is 2.13. The molecule has 3 aromatic carbocycles. The van der Waals surface area contributed by atoms with Crippen LogP contribution in [0.25, 0.3) is 5.70 Å². The van der Waals surface area contributed by atoms with Gasteiger partial charge in [-0.3, -0.25) is 4.79 Å². The number of rotatable bonds is 5. The Balaban J connectivity index is 1.54. The number of aryl methyl sites for hydroxylation is 1. The van der Waals surface area contributed by atoms with E-state index in [0.717, 1.165) is 27.7 Å². The number of carbonyl (C=O) groups is 1. The van der Waals surface area contributed by atoms with Gasteiger partial charge in [0.15, 0.2) is 0 Å². The molecule has 0 saturated carbocycles. The number of halogens is 2. The Morgan fingerprint density at radius 3 is 2.44 bits per heavy atom. The zero-order valence-corrected chi connectivity index (χ0v) is 20.0. The van der Waals surface area contributed by atoms with E-state index in [1.54, 1.807) is 6.20 Å². The maximum atomic E-state index is 13.3. The molecule has 0 fully saturated rings. The first-order chi connectivity index (χ1) is 16.5. The van der Waals surface area contributed by atoms with Gasteiger partial charge in [0.2, 0.25) is 0 Å². The lowest BCUT2D eigenvalue weighted by atomic mass is 10.00. The standard InChI is InChI=1S/C27H22BrFN4O/c1-2-17-3-5-18(6-4-17)24-15-25(19-7-9-20(28)10-8-19)33-26(32-24)23(16-30-33)27(34)31-22-13-11-21(29)12-14-22/h3-16,25,32H,2H2,1H3,(H,31,34). The number of aromatic nitrogens is 2. The summed E-state index contributed by atoms with van der Waals surface area (Å²) in [5.74, 6) is -0.0779. The number of benzene rings is 3. The van der Waals surface area contributed by atoms with E-state index in [0.29, 0.717) is 17.1 Å². The lowest BCUT2D eigenvalue weighted by molar-refractivity contribution is 0.102. The van der Waals surface area contributed by atoms with Crippen LogP contribution in [0.2, 0.25) is 0 Å². The highest BCUT2D eigenvalue weighted by molar-refractivity contribution is 9.10. The van der Waals surface area contributed by atoms with E-state index in [1.807, 2.05) is 28.9 Å². The second kappa shape index (κ2) is 9.27. The molecule has 2 heterocycles. The summed E-state index contributed by atoms with van der Waals surface area (Å²) in [7, 11) is 0. The van der Waals surface area contributed by atoms with Gasteiger partial charge in [0, 0.05) is 15.9 Å². The molecule has 0 radical (unpaired) electrons. The number of nitrogens with zero attached hydrogens (tertiary/aromatic N) is 2. The van der Waals surface area contributed by atoms with Crippen molar-refractivity contribution in [3.05, 3.63) is 118 Å². The van der Waals surface area contributed by atoms with E-state index in [4.69, 9.17) is 0 Å². The second-order valence-corrected chi connectivity index (χ2v) is 8.98. The highest BCUT2D eigenvalue weighted by Crippen LogP contribution is 2.36. The molecular formula is C27H22BrFN4O. The molecule has 0 bridgehead atoms. The number of carbonyl (C=O) groups excluding carboxylic acids is 1. The monoisotopic (exact) mass is 516 g/mol. The van der Waals surface area contributed by atoms with Crippen molar-refractivity contribution in [1.29, 1.82) is 0 Å². The molecule has 0 saturated heterocycles. The van der Waals surface area contributed by atoms with Gasteiger partial charge >= 0.3 is 0 Å². The maximum Gasteiger partial charge on any atom is 0.261 e. The van der Waals surface area contributed by atoms with Crippen LogP contribution in [0.15, 0.2) is 89.5 Å². The van der Waals surface area contributed by atoms with Crippen LogP contribution in [0, 0.1) is 5.82 Å². The molecule has 5 nitrogen and oxygen atoms in total. The quantitative estimate of drug-likeness (QED) is 0.312. The summed E-state index contributed by atoms with van der Waals surface area (Å²) in [5.41, 5.74) is 5.15. The molecule has 34 heavy (non-hydrogen) atoms. The Morgan fingerprint density at radius 2 is 1.76 bits per heavy atom. The SMILES string of the molecule is CCc1ccc(C2=CC(c3ccc(Br)cc3)n3ncc(C(=O)Nc4ccc(F)cc4)c3N2)cc1. The zero-order valence-electron chi connectivity index (χ0n) is 18.4. The highest BCUT2D eigenvalue weighted by Gasteiger charge is 2.28. The number of nitrogens with one attached hydrogen (secondary N) is 2. The fourth-order valence-electron chi connectivity index (χ4n) is 3.98. The van der Waals surface area contributed by atoms with Crippen molar-refractivity contribution >= 4 is 39.0 Å². The molecule has 1 atom stereocenters. The molecule has 170 valence electrons. The fraction of sp³-hybridized carbons (Fsp3) is 0.111. The summed E-state index contributed by atoms with van der Waals surface area (Å²) >= 11 is 3.50. The van der Waals surface area contributed by atoms with Crippen molar-refractivity contribution in [2.45, 2.75) is 19.4 Å². The summed E-state index contributed by atoms with van der Waals surface area (Å²) < 4.78 is 16.1.